The molecule has 5 nitrogen and oxygen atoms in total. The van der Waals surface area contributed by atoms with Gasteiger partial charge in [-0.15, -0.1) is 0 Å². The predicted molar refractivity (Wildman–Crippen MR) is 63.9 cm³/mol. The summed E-state index contributed by atoms with van der Waals surface area (Å²) in [4.78, 5) is 25.9. The Kier molecular flexibility index (Phi) is 3.18. The molecule has 1 heterocycles. The number of amides is 2. The summed E-state index contributed by atoms with van der Waals surface area (Å²) in [7, 11) is 1.56. The zero-order valence-electron chi connectivity index (χ0n) is 10.0. The van der Waals surface area contributed by atoms with Gasteiger partial charge in [-0.1, -0.05) is 6.07 Å². The summed E-state index contributed by atoms with van der Waals surface area (Å²) in [6.07, 6.45) is 0. The molecule has 0 unspecified atom stereocenters. The molecule has 0 saturated carbocycles. The fourth-order valence-electron chi connectivity index (χ4n) is 1.86. The van der Waals surface area contributed by atoms with E-state index in [4.69, 9.17) is 5.73 Å². The van der Waals surface area contributed by atoms with Crippen molar-refractivity contribution in [1.82, 2.24) is 9.80 Å². The van der Waals surface area contributed by atoms with E-state index in [1.54, 1.807) is 13.1 Å². The molecule has 0 radical (unpaired) electrons. The van der Waals surface area contributed by atoms with Crippen LogP contribution >= 0.6 is 0 Å². The van der Waals surface area contributed by atoms with Gasteiger partial charge in [0.2, 0.25) is 0 Å². The molecule has 0 aromatic heterocycles. The number of rotatable bonds is 2. The Morgan fingerprint density at radius 2 is 2.00 bits per heavy atom. The third kappa shape index (κ3) is 2.13. The summed E-state index contributed by atoms with van der Waals surface area (Å²) in [5.41, 5.74) is 6.21. The van der Waals surface area contributed by atoms with Crippen molar-refractivity contribution in [3.05, 3.63) is 29.6 Å². The molecule has 1 saturated heterocycles. The van der Waals surface area contributed by atoms with Crippen LogP contribution in [0.4, 0.5) is 10.1 Å². The number of nitrogen functional groups attached to an aromatic ring is 1. The number of piperazine rings is 1. The Labute approximate surface area is 104 Å². The van der Waals surface area contributed by atoms with Gasteiger partial charge in [-0.25, -0.2) is 4.39 Å². The van der Waals surface area contributed by atoms with Gasteiger partial charge in [-0.05, 0) is 12.1 Å². The lowest BCUT2D eigenvalue weighted by Crippen LogP contribution is -2.52. The second-order valence-corrected chi connectivity index (χ2v) is 4.26. The number of nitrogens with zero attached hydrogens (tertiary/aromatic N) is 2. The van der Waals surface area contributed by atoms with Crippen LogP contribution in [0.25, 0.3) is 0 Å². The lowest BCUT2D eigenvalue weighted by molar-refractivity contribution is -0.155. The van der Waals surface area contributed by atoms with E-state index in [0.717, 1.165) is 0 Å². The number of carbonyl (C=O) groups excluding carboxylic acids is 2. The summed E-state index contributed by atoms with van der Waals surface area (Å²) in [5.74, 6) is -1.66. The molecule has 1 aromatic carbocycles. The van der Waals surface area contributed by atoms with E-state index in [1.807, 2.05) is 0 Å². The molecule has 0 spiro atoms. The lowest BCUT2D eigenvalue weighted by atomic mass is 10.1. The number of hydrogen-bond acceptors (Lipinski definition) is 3. The second-order valence-electron chi connectivity index (χ2n) is 4.26. The molecule has 2 amide bonds. The molecule has 1 fully saturated rings. The Morgan fingerprint density at radius 1 is 1.28 bits per heavy atom. The van der Waals surface area contributed by atoms with Crippen LogP contribution in [0.2, 0.25) is 0 Å². The molecule has 1 aromatic rings. The molecule has 18 heavy (non-hydrogen) atoms. The third-order valence-corrected chi connectivity index (χ3v) is 3.03. The number of nitrogens with two attached hydrogens (primary N) is 1. The number of benzene rings is 1. The minimum absolute atomic E-state index is 0.0247. The predicted octanol–water partition coefficient (Wildman–Crippen LogP) is 0.208. The first-order chi connectivity index (χ1) is 8.50. The summed E-state index contributed by atoms with van der Waals surface area (Å²) >= 11 is 0. The van der Waals surface area contributed by atoms with Gasteiger partial charge >= 0.3 is 11.8 Å². The van der Waals surface area contributed by atoms with E-state index in [2.05, 4.69) is 0 Å². The lowest BCUT2D eigenvalue weighted by Gasteiger charge is -2.31. The molecular formula is C12H14FN3O2. The van der Waals surface area contributed by atoms with Crippen LogP contribution in [0, 0.1) is 5.82 Å². The molecule has 0 aliphatic carbocycles. The zero-order valence-corrected chi connectivity index (χ0v) is 10.0. The number of halogens is 1. The highest BCUT2D eigenvalue weighted by Gasteiger charge is 2.30. The summed E-state index contributed by atoms with van der Waals surface area (Å²) < 4.78 is 13.6. The fraction of sp³-hybridized carbons (Fsp3) is 0.333. The summed E-state index contributed by atoms with van der Waals surface area (Å²) in [6, 6.07) is 4.36. The minimum Gasteiger partial charge on any atom is -0.398 e. The fourth-order valence-corrected chi connectivity index (χ4v) is 1.86. The van der Waals surface area contributed by atoms with Gasteiger partial charge in [0.15, 0.2) is 0 Å². The van der Waals surface area contributed by atoms with Crippen molar-refractivity contribution < 1.29 is 14.0 Å². The quantitative estimate of drug-likeness (QED) is 0.603. The molecule has 0 atom stereocenters. The Balaban J connectivity index is 2.20. The van der Waals surface area contributed by atoms with Crippen molar-refractivity contribution in [3.8, 4) is 0 Å². The molecule has 2 N–H and O–H groups in total. The Morgan fingerprint density at radius 3 is 2.67 bits per heavy atom. The molecule has 1 aliphatic rings. The molecule has 2 rings (SSSR count). The van der Waals surface area contributed by atoms with Crippen LogP contribution in [0.15, 0.2) is 18.2 Å². The zero-order chi connectivity index (χ0) is 13.3. The highest BCUT2D eigenvalue weighted by atomic mass is 19.1. The van der Waals surface area contributed by atoms with E-state index >= 15 is 0 Å². The van der Waals surface area contributed by atoms with Gasteiger partial charge in [-0.2, -0.15) is 0 Å². The largest absolute Gasteiger partial charge is 0.398 e. The van der Waals surface area contributed by atoms with Crippen molar-refractivity contribution in [1.29, 1.82) is 0 Å². The average molecular weight is 251 g/mol. The summed E-state index contributed by atoms with van der Waals surface area (Å²) in [6.45, 7) is 0.852. The Bertz CT molecular complexity index is 484. The van der Waals surface area contributed by atoms with Crippen molar-refractivity contribution in [3.63, 3.8) is 0 Å². The second kappa shape index (κ2) is 4.64. The van der Waals surface area contributed by atoms with Crippen molar-refractivity contribution >= 4 is 17.5 Å². The van der Waals surface area contributed by atoms with Gasteiger partial charge in [-0.3, -0.25) is 9.59 Å². The van der Waals surface area contributed by atoms with Gasteiger partial charge in [0.1, 0.15) is 5.82 Å². The first-order valence-electron chi connectivity index (χ1n) is 5.58. The molecule has 1 aliphatic heterocycles. The maximum absolute atomic E-state index is 13.6. The maximum Gasteiger partial charge on any atom is 0.312 e. The first kappa shape index (κ1) is 12.3. The Hall–Kier alpha value is -2.11. The monoisotopic (exact) mass is 251 g/mol. The van der Waals surface area contributed by atoms with E-state index in [1.165, 1.54) is 21.9 Å². The van der Waals surface area contributed by atoms with Crippen molar-refractivity contribution in [2.24, 2.45) is 0 Å². The highest BCUT2D eigenvalue weighted by Crippen LogP contribution is 2.19. The minimum atomic E-state index is -0.619. The maximum atomic E-state index is 13.6. The van der Waals surface area contributed by atoms with Crippen molar-refractivity contribution in [2.45, 2.75) is 6.54 Å². The van der Waals surface area contributed by atoms with Gasteiger partial charge in [0, 0.05) is 31.4 Å². The molecule has 6 heteroatoms. The average Bonchev–Trinajstić information content (AvgIpc) is 2.34. The van der Waals surface area contributed by atoms with E-state index in [9.17, 15) is 14.0 Å². The van der Waals surface area contributed by atoms with Crippen molar-refractivity contribution in [2.75, 3.05) is 25.9 Å². The number of likely N-dealkylation sites (N-methyl/N-ethyl adjacent to an activating group) is 1. The number of hydrogen-bond donors (Lipinski definition) is 1. The van der Waals surface area contributed by atoms with Gasteiger partial charge < -0.3 is 15.5 Å². The first-order valence-corrected chi connectivity index (χ1v) is 5.58. The van der Waals surface area contributed by atoms with Crippen LogP contribution in [0.3, 0.4) is 0 Å². The van der Waals surface area contributed by atoms with Gasteiger partial charge in [0.05, 0.1) is 6.54 Å². The third-order valence-electron chi connectivity index (χ3n) is 3.03. The molecule has 0 bridgehead atoms. The number of carbonyl (C=O) groups is 2. The van der Waals surface area contributed by atoms with E-state index in [-0.39, 0.29) is 17.8 Å². The smallest absolute Gasteiger partial charge is 0.312 e. The SMILES string of the molecule is CN1CCN(Cc2c(N)cccc2F)C(=O)C1=O. The summed E-state index contributed by atoms with van der Waals surface area (Å²) in [5, 5.41) is 0. The molecular weight excluding hydrogens is 237 g/mol. The van der Waals surface area contributed by atoms with Crippen LogP contribution in [0.5, 0.6) is 0 Å². The molecule has 96 valence electrons. The van der Waals surface area contributed by atoms with E-state index in [0.29, 0.717) is 13.1 Å². The van der Waals surface area contributed by atoms with E-state index < -0.39 is 17.6 Å². The highest BCUT2D eigenvalue weighted by molar-refractivity contribution is 6.35. The normalized spacial score (nSPS) is 16.3. The van der Waals surface area contributed by atoms with Gasteiger partial charge in [0.25, 0.3) is 0 Å². The topological polar surface area (TPSA) is 66.6 Å². The van der Waals surface area contributed by atoms with Crippen LogP contribution in [0.1, 0.15) is 5.56 Å². The van der Waals surface area contributed by atoms with Crippen LogP contribution < -0.4 is 5.73 Å². The van der Waals surface area contributed by atoms with Crippen LogP contribution in [-0.4, -0.2) is 41.8 Å². The number of anilines is 1. The standard InChI is InChI=1S/C12H14FN3O2/c1-15-5-6-16(12(18)11(15)17)7-8-9(13)3-2-4-10(8)14/h2-4H,5-7,14H2,1H3. The van der Waals surface area contributed by atoms with Crippen LogP contribution in [-0.2, 0) is 16.1 Å².